The summed E-state index contributed by atoms with van der Waals surface area (Å²) in [6, 6.07) is 5.25. The lowest BCUT2D eigenvalue weighted by molar-refractivity contribution is -0.120. The lowest BCUT2D eigenvalue weighted by Gasteiger charge is -2.39. The van der Waals surface area contributed by atoms with Gasteiger partial charge in [0.2, 0.25) is 5.91 Å². The molecule has 1 atom stereocenters. The van der Waals surface area contributed by atoms with Crippen molar-refractivity contribution in [1.29, 1.82) is 0 Å². The van der Waals surface area contributed by atoms with Crippen LogP contribution in [0.4, 0.5) is 10.1 Å². The smallest absolute Gasteiger partial charge is 0.230 e. The normalized spacial score (nSPS) is 29.4. The fourth-order valence-corrected chi connectivity index (χ4v) is 5.30. The highest BCUT2D eigenvalue weighted by atomic mass is 19.1. The molecule has 1 unspecified atom stereocenters. The standard InChI is InChI=1S/C19H23FN2O/c20-14-3-1-4-15-16(14)19(5-2-6-19)12-22(15)17(23)13-11-18(13)7-9-21-10-8-18/h1,3-4,13,21H,2,5-12H2. The molecule has 0 bridgehead atoms. The van der Waals surface area contributed by atoms with Crippen LogP contribution in [0, 0.1) is 17.2 Å². The molecule has 2 heterocycles. The van der Waals surface area contributed by atoms with E-state index in [9.17, 15) is 9.18 Å². The van der Waals surface area contributed by atoms with Gasteiger partial charge < -0.3 is 10.2 Å². The number of carbonyl (C=O) groups excluding carboxylic acids is 1. The van der Waals surface area contributed by atoms with E-state index in [4.69, 9.17) is 0 Å². The van der Waals surface area contributed by atoms with E-state index in [0.717, 1.165) is 62.9 Å². The van der Waals surface area contributed by atoms with Crippen molar-refractivity contribution < 1.29 is 9.18 Å². The molecule has 5 rings (SSSR count). The van der Waals surface area contributed by atoms with Gasteiger partial charge in [0.15, 0.2) is 0 Å². The molecule has 1 aromatic carbocycles. The first-order valence-corrected chi connectivity index (χ1v) is 8.96. The topological polar surface area (TPSA) is 32.3 Å². The summed E-state index contributed by atoms with van der Waals surface area (Å²) in [6.07, 6.45) is 6.43. The molecule has 0 aromatic heterocycles. The van der Waals surface area contributed by atoms with Crippen molar-refractivity contribution in [3.8, 4) is 0 Å². The van der Waals surface area contributed by atoms with Crippen LogP contribution in [0.15, 0.2) is 18.2 Å². The van der Waals surface area contributed by atoms with Crippen molar-refractivity contribution in [2.24, 2.45) is 11.3 Å². The summed E-state index contributed by atoms with van der Waals surface area (Å²) in [5.41, 5.74) is 1.82. The summed E-state index contributed by atoms with van der Waals surface area (Å²) in [5, 5.41) is 3.39. The van der Waals surface area contributed by atoms with Gasteiger partial charge in [-0.2, -0.15) is 0 Å². The molecule has 2 spiro atoms. The van der Waals surface area contributed by atoms with Crippen LogP contribution < -0.4 is 10.2 Å². The number of nitrogens with zero attached hydrogens (tertiary/aromatic N) is 1. The zero-order chi connectivity index (χ0) is 15.7. The van der Waals surface area contributed by atoms with Crippen LogP contribution in [0.3, 0.4) is 0 Å². The number of rotatable bonds is 1. The second-order valence-corrected chi connectivity index (χ2v) is 8.06. The van der Waals surface area contributed by atoms with Gasteiger partial charge in [-0.15, -0.1) is 0 Å². The molecule has 3 fully saturated rings. The Bertz CT molecular complexity index is 676. The predicted molar refractivity (Wildman–Crippen MR) is 86.9 cm³/mol. The van der Waals surface area contributed by atoms with Gasteiger partial charge in [0.1, 0.15) is 5.82 Å². The maximum absolute atomic E-state index is 14.5. The highest BCUT2D eigenvalue weighted by molar-refractivity contribution is 6.00. The Hall–Kier alpha value is -1.42. The van der Waals surface area contributed by atoms with Gasteiger partial charge in [0.25, 0.3) is 0 Å². The highest BCUT2D eigenvalue weighted by Crippen LogP contribution is 2.61. The Morgan fingerprint density at radius 2 is 2.00 bits per heavy atom. The average Bonchev–Trinajstić information content (AvgIpc) is 3.06. The van der Waals surface area contributed by atoms with E-state index in [1.54, 1.807) is 12.1 Å². The second kappa shape index (κ2) is 4.56. The molecule has 2 aliphatic heterocycles. The molecule has 4 heteroatoms. The monoisotopic (exact) mass is 314 g/mol. The van der Waals surface area contributed by atoms with Crippen LogP contribution in [0.25, 0.3) is 0 Å². The Morgan fingerprint density at radius 1 is 1.22 bits per heavy atom. The van der Waals surface area contributed by atoms with Gasteiger partial charge >= 0.3 is 0 Å². The van der Waals surface area contributed by atoms with Crippen molar-refractivity contribution >= 4 is 11.6 Å². The molecule has 4 aliphatic rings. The second-order valence-electron chi connectivity index (χ2n) is 8.06. The quantitative estimate of drug-likeness (QED) is 0.864. The van der Waals surface area contributed by atoms with Gasteiger partial charge in [-0.1, -0.05) is 12.5 Å². The zero-order valence-corrected chi connectivity index (χ0v) is 13.4. The zero-order valence-electron chi connectivity index (χ0n) is 13.4. The lowest BCUT2D eigenvalue weighted by atomic mass is 9.65. The Balaban J connectivity index is 1.46. The number of amides is 1. The Morgan fingerprint density at radius 3 is 2.70 bits per heavy atom. The number of halogens is 1. The predicted octanol–water partition coefficient (Wildman–Crippen LogP) is 2.98. The van der Waals surface area contributed by atoms with Crippen molar-refractivity contribution in [1.82, 2.24) is 5.32 Å². The lowest BCUT2D eigenvalue weighted by Crippen LogP contribution is -2.43. The number of hydrogen-bond donors (Lipinski definition) is 1. The van der Waals surface area contributed by atoms with Gasteiger partial charge in [-0.3, -0.25) is 4.79 Å². The Labute approximate surface area is 136 Å². The van der Waals surface area contributed by atoms with E-state index in [1.165, 1.54) is 0 Å². The molecule has 1 aromatic rings. The molecule has 1 N–H and O–H groups in total. The summed E-state index contributed by atoms with van der Waals surface area (Å²) in [7, 11) is 0. The van der Waals surface area contributed by atoms with E-state index in [2.05, 4.69) is 5.32 Å². The van der Waals surface area contributed by atoms with Crippen LogP contribution in [-0.2, 0) is 10.2 Å². The van der Waals surface area contributed by atoms with E-state index in [1.807, 2.05) is 11.0 Å². The van der Waals surface area contributed by atoms with E-state index >= 15 is 0 Å². The van der Waals surface area contributed by atoms with Gasteiger partial charge in [0.05, 0.1) is 5.69 Å². The van der Waals surface area contributed by atoms with E-state index < -0.39 is 0 Å². The van der Waals surface area contributed by atoms with Gasteiger partial charge in [-0.05, 0) is 62.7 Å². The van der Waals surface area contributed by atoms with Gasteiger partial charge in [0, 0.05) is 23.4 Å². The number of fused-ring (bicyclic) bond motifs is 2. The first-order valence-electron chi connectivity index (χ1n) is 8.96. The largest absolute Gasteiger partial charge is 0.317 e. The molecule has 1 amide bonds. The minimum atomic E-state index is -0.120. The van der Waals surface area contributed by atoms with Crippen LogP contribution in [-0.4, -0.2) is 25.5 Å². The van der Waals surface area contributed by atoms with Crippen molar-refractivity contribution in [2.75, 3.05) is 24.5 Å². The summed E-state index contributed by atoms with van der Waals surface area (Å²) in [6.45, 7) is 2.75. The minimum absolute atomic E-state index is 0.0908. The SMILES string of the molecule is O=C(C1CC12CCNCC2)N1CC2(CCC2)c2c(F)cccc21. The average molecular weight is 314 g/mol. The molecule has 1 saturated heterocycles. The van der Waals surface area contributed by atoms with Gasteiger partial charge in [-0.25, -0.2) is 4.39 Å². The number of hydrogen-bond acceptors (Lipinski definition) is 2. The molecular weight excluding hydrogens is 291 g/mol. The fourth-order valence-electron chi connectivity index (χ4n) is 5.30. The summed E-state index contributed by atoms with van der Waals surface area (Å²) < 4.78 is 14.5. The molecule has 122 valence electrons. The number of anilines is 1. The third-order valence-electron chi connectivity index (χ3n) is 6.94. The van der Waals surface area contributed by atoms with Crippen molar-refractivity contribution in [3.63, 3.8) is 0 Å². The third kappa shape index (κ3) is 1.81. The third-order valence-corrected chi connectivity index (χ3v) is 6.94. The molecule has 2 saturated carbocycles. The minimum Gasteiger partial charge on any atom is -0.317 e. The molecule has 2 aliphatic carbocycles. The highest BCUT2D eigenvalue weighted by Gasteiger charge is 2.60. The number of benzene rings is 1. The molecule has 0 radical (unpaired) electrons. The maximum Gasteiger partial charge on any atom is 0.230 e. The number of nitrogens with one attached hydrogen (secondary N) is 1. The number of piperidine rings is 1. The first-order chi connectivity index (χ1) is 11.2. The van der Waals surface area contributed by atoms with Crippen LogP contribution in [0.1, 0.15) is 44.1 Å². The number of carbonyl (C=O) groups is 1. The summed E-state index contributed by atoms with van der Waals surface area (Å²) in [4.78, 5) is 15.1. The molecular formula is C19H23FN2O. The molecule has 3 nitrogen and oxygen atoms in total. The fraction of sp³-hybridized carbons (Fsp3) is 0.632. The molecule has 23 heavy (non-hydrogen) atoms. The first kappa shape index (κ1) is 14.0. The maximum atomic E-state index is 14.5. The Kier molecular flexibility index (Phi) is 2.77. The van der Waals surface area contributed by atoms with E-state index in [0.29, 0.717) is 6.54 Å². The van der Waals surface area contributed by atoms with Crippen molar-refractivity contribution in [2.45, 2.75) is 43.9 Å². The van der Waals surface area contributed by atoms with Crippen LogP contribution in [0.2, 0.25) is 0 Å². The summed E-state index contributed by atoms with van der Waals surface area (Å²) in [5.74, 6) is 0.295. The van der Waals surface area contributed by atoms with Crippen molar-refractivity contribution in [3.05, 3.63) is 29.6 Å². The van der Waals surface area contributed by atoms with Crippen LogP contribution >= 0.6 is 0 Å². The van der Waals surface area contributed by atoms with E-state index in [-0.39, 0.29) is 28.5 Å². The summed E-state index contributed by atoms with van der Waals surface area (Å²) >= 11 is 0. The van der Waals surface area contributed by atoms with Crippen LogP contribution in [0.5, 0.6) is 0 Å².